The normalized spacial score (nSPS) is 25.0. The molecule has 2 aliphatic heterocycles. The summed E-state index contributed by atoms with van der Waals surface area (Å²) in [7, 11) is 0. The Kier molecular flexibility index (Phi) is 3.36. The Morgan fingerprint density at radius 1 is 1.25 bits per heavy atom. The highest BCUT2D eigenvalue weighted by Gasteiger charge is 2.43. The van der Waals surface area contributed by atoms with Crippen molar-refractivity contribution in [3.8, 4) is 0 Å². The van der Waals surface area contributed by atoms with Crippen LogP contribution in [0, 0.1) is 0 Å². The number of hydrogen-bond acceptors (Lipinski definition) is 3. The van der Waals surface area contributed by atoms with Crippen LogP contribution in [-0.4, -0.2) is 44.6 Å². The van der Waals surface area contributed by atoms with Crippen LogP contribution in [0.15, 0.2) is 30.3 Å². The largest absolute Gasteiger partial charge is 0.330 e. The Morgan fingerprint density at radius 2 is 2.00 bits per heavy atom. The minimum Gasteiger partial charge on any atom is -0.330 e. The van der Waals surface area contributed by atoms with Crippen LogP contribution in [0.4, 0.5) is 13.2 Å². The zero-order valence-electron chi connectivity index (χ0n) is 12.7. The van der Waals surface area contributed by atoms with Crippen LogP contribution < -0.4 is 0 Å². The van der Waals surface area contributed by atoms with Gasteiger partial charge in [-0.05, 0) is 5.56 Å². The Labute approximate surface area is 136 Å². The summed E-state index contributed by atoms with van der Waals surface area (Å²) >= 11 is 0. The number of fused-ring (bicyclic) bond motifs is 1. The predicted octanol–water partition coefficient (Wildman–Crippen LogP) is 2.76. The van der Waals surface area contributed by atoms with Gasteiger partial charge in [0.15, 0.2) is 12.0 Å². The third-order valence-corrected chi connectivity index (χ3v) is 4.50. The second kappa shape index (κ2) is 5.32. The molecule has 24 heavy (non-hydrogen) atoms. The fraction of sp³-hybridized carbons (Fsp3) is 0.438. The summed E-state index contributed by atoms with van der Waals surface area (Å²) in [5.74, 6) is -3.69. The fourth-order valence-electron chi connectivity index (χ4n) is 3.27. The molecule has 2 aromatic rings. The van der Waals surface area contributed by atoms with Gasteiger partial charge in [-0.3, -0.25) is 4.79 Å². The van der Waals surface area contributed by atoms with Crippen molar-refractivity contribution < 1.29 is 18.0 Å². The summed E-state index contributed by atoms with van der Waals surface area (Å²) in [6.07, 6.45) is -1.50. The van der Waals surface area contributed by atoms with E-state index in [0.29, 0.717) is 0 Å². The van der Waals surface area contributed by atoms with E-state index in [2.05, 4.69) is 10.1 Å². The standard InChI is InChI=1S/C16H15F3N4O/c17-11-8-12(10-4-2-1-3-5-10)23-14(11)20-13(21-23)15(24)22-7-6-16(18,19)9-22/h1-5,11-12H,6-9H2/t11-,12-/m0/s1. The lowest BCUT2D eigenvalue weighted by Gasteiger charge is -2.14. The van der Waals surface area contributed by atoms with Gasteiger partial charge in [-0.15, -0.1) is 5.10 Å². The molecule has 0 N–H and O–H groups in total. The maximum absolute atomic E-state index is 14.3. The number of rotatable bonds is 2. The van der Waals surface area contributed by atoms with Gasteiger partial charge in [-0.1, -0.05) is 30.3 Å². The molecule has 4 rings (SSSR count). The molecular formula is C16H15F3N4O. The van der Waals surface area contributed by atoms with Gasteiger partial charge in [-0.25, -0.2) is 22.8 Å². The van der Waals surface area contributed by atoms with E-state index in [1.807, 2.05) is 30.3 Å². The van der Waals surface area contributed by atoms with E-state index in [9.17, 15) is 18.0 Å². The summed E-state index contributed by atoms with van der Waals surface area (Å²) in [5, 5.41) is 4.12. The molecule has 8 heteroatoms. The van der Waals surface area contributed by atoms with E-state index >= 15 is 0 Å². The van der Waals surface area contributed by atoms with E-state index in [-0.39, 0.29) is 37.1 Å². The first-order valence-corrected chi connectivity index (χ1v) is 7.77. The highest BCUT2D eigenvalue weighted by molar-refractivity contribution is 5.90. The summed E-state index contributed by atoms with van der Waals surface area (Å²) in [4.78, 5) is 17.3. The molecule has 2 aliphatic rings. The van der Waals surface area contributed by atoms with Crippen LogP contribution in [0.3, 0.4) is 0 Å². The van der Waals surface area contributed by atoms with Crippen molar-refractivity contribution in [3.05, 3.63) is 47.5 Å². The van der Waals surface area contributed by atoms with E-state index in [0.717, 1.165) is 10.5 Å². The Balaban J connectivity index is 1.63. The summed E-state index contributed by atoms with van der Waals surface area (Å²) in [6.45, 7) is -0.687. The lowest BCUT2D eigenvalue weighted by atomic mass is 10.0. The SMILES string of the molecule is O=C(c1nc2n(n1)[C@H](c1ccccc1)C[C@@H]2F)N1CCC(F)(F)C1. The minimum atomic E-state index is -2.88. The second-order valence-corrected chi connectivity index (χ2v) is 6.20. The van der Waals surface area contributed by atoms with Crippen LogP contribution in [-0.2, 0) is 0 Å². The molecule has 0 spiro atoms. The quantitative estimate of drug-likeness (QED) is 0.847. The van der Waals surface area contributed by atoms with Gasteiger partial charge in [-0.2, -0.15) is 0 Å². The number of alkyl halides is 3. The fourth-order valence-corrected chi connectivity index (χ4v) is 3.27. The number of aromatic nitrogens is 3. The molecule has 3 heterocycles. The van der Waals surface area contributed by atoms with Crippen molar-refractivity contribution in [2.45, 2.75) is 31.0 Å². The van der Waals surface area contributed by atoms with Gasteiger partial charge >= 0.3 is 0 Å². The molecule has 0 unspecified atom stereocenters. The van der Waals surface area contributed by atoms with Crippen molar-refractivity contribution in [3.63, 3.8) is 0 Å². The number of carbonyl (C=O) groups excluding carboxylic acids is 1. The van der Waals surface area contributed by atoms with E-state index in [4.69, 9.17) is 0 Å². The lowest BCUT2D eigenvalue weighted by Crippen LogP contribution is -2.32. The number of hydrogen-bond donors (Lipinski definition) is 0. The lowest BCUT2D eigenvalue weighted by molar-refractivity contribution is 0.0118. The molecule has 2 atom stereocenters. The number of amides is 1. The monoisotopic (exact) mass is 336 g/mol. The van der Waals surface area contributed by atoms with E-state index in [1.165, 1.54) is 4.68 Å². The Bertz CT molecular complexity index is 777. The second-order valence-electron chi connectivity index (χ2n) is 6.20. The van der Waals surface area contributed by atoms with Crippen molar-refractivity contribution in [1.82, 2.24) is 19.7 Å². The van der Waals surface area contributed by atoms with Gasteiger partial charge in [0.2, 0.25) is 5.82 Å². The van der Waals surface area contributed by atoms with Gasteiger partial charge < -0.3 is 4.90 Å². The number of halogens is 3. The molecular weight excluding hydrogens is 321 g/mol. The molecule has 1 aromatic carbocycles. The van der Waals surface area contributed by atoms with Crippen LogP contribution in [0.1, 0.15) is 47.1 Å². The van der Waals surface area contributed by atoms with E-state index in [1.54, 1.807) is 0 Å². The van der Waals surface area contributed by atoms with Crippen molar-refractivity contribution in [2.24, 2.45) is 0 Å². The zero-order chi connectivity index (χ0) is 16.9. The third kappa shape index (κ3) is 2.46. The van der Waals surface area contributed by atoms with Gasteiger partial charge in [0.05, 0.1) is 12.6 Å². The van der Waals surface area contributed by atoms with Crippen molar-refractivity contribution in [2.75, 3.05) is 13.1 Å². The van der Waals surface area contributed by atoms with Gasteiger partial charge in [0.25, 0.3) is 11.8 Å². The number of nitrogens with zero attached hydrogens (tertiary/aromatic N) is 4. The average Bonchev–Trinajstić information content (AvgIpc) is 3.23. The first-order valence-electron chi connectivity index (χ1n) is 7.77. The molecule has 1 saturated heterocycles. The Hall–Kier alpha value is -2.38. The molecule has 5 nitrogen and oxygen atoms in total. The Morgan fingerprint density at radius 3 is 2.67 bits per heavy atom. The summed E-state index contributed by atoms with van der Waals surface area (Å²) in [6, 6.07) is 8.92. The molecule has 0 radical (unpaired) electrons. The molecule has 0 aliphatic carbocycles. The summed E-state index contributed by atoms with van der Waals surface area (Å²) in [5.41, 5.74) is 0.871. The molecule has 1 amide bonds. The first-order chi connectivity index (χ1) is 11.4. The van der Waals surface area contributed by atoms with Crippen LogP contribution in [0.25, 0.3) is 0 Å². The summed E-state index contributed by atoms with van der Waals surface area (Å²) < 4.78 is 42.2. The smallest absolute Gasteiger partial charge is 0.293 e. The minimum absolute atomic E-state index is 0.0448. The molecule has 1 fully saturated rings. The number of benzene rings is 1. The van der Waals surface area contributed by atoms with Crippen LogP contribution in [0.2, 0.25) is 0 Å². The molecule has 1 aromatic heterocycles. The maximum Gasteiger partial charge on any atom is 0.293 e. The third-order valence-electron chi connectivity index (χ3n) is 4.50. The maximum atomic E-state index is 14.3. The first kappa shape index (κ1) is 15.2. The molecule has 126 valence electrons. The van der Waals surface area contributed by atoms with Crippen molar-refractivity contribution >= 4 is 5.91 Å². The van der Waals surface area contributed by atoms with Gasteiger partial charge in [0, 0.05) is 19.4 Å². The van der Waals surface area contributed by atoms with E-state index < -0.39 is 24.5 Å². The van der Waals surface area contributed by atoms with Crippen LogP contribution in [0.5, 0.6) is 0 Å². The topological polar surface area (TPSA) is 51.0 Å². The van der Waals surface area contributed by atoms with Crippen LogP contribution >= 0.6 is 0 Å². The molecule has 0 bridgehead atoms. The number of carbonyl (C=O) groups is 1. The highest BCUT2D eigenvalue weighted by Crippen LogP contribution is 2.39. The van der Waals surface area contributed by atoms with Gasteiger partial charge in [0.1, 0.15) is 0 Å². The van der Waals surface area contributed by atoms with Crippen molar-refractivity contribution in [1.29, 1.82) is 0 Å². The highest BCUT2D eigenvalue weighted by atomic mass is 19.3. The predicted molar refractivity (Wildman–Crippen MR) is 78.5 cm³/mol. The zero-order valence-corrected chi connectivity index (χ0v) is 12.7. The average molecular weight is 336 g/mol. The molecule has 0 saturated carbocycles. The number of likely N-dealkylation sites (tertiary alicyclic amines) is 1.